The van der Waals surface area contributed by atoms with Crippen LogP contribution < -0.4 is 15.6 Å². The molecular weight excluding hydrogens is 549 g/mol. The Kier molecular flexibility index (Phi) is 7.22. The normalized spacial score (nSPS) is 11.5. The van der Waals surface area contributed by atoms with Gasteiger partial charge in [0, 0.05) is 16.6 Å². The number of methoxy groups -OCH3 is 1. The van der Waals surface area contributed by atoms with Gasteiger partial charge in [0.15, 0.2) is 5.16 Å². The van der Waals surface area contributed by atoms with E-state index in [1.54, 1.807) is 36.4 Å². The standard InChI is InChI=1S/C27H19F3N4O5S/c1-38-25(37)15-6-8-16(9-7-15)31-21(35)14-40-26-33-22-19-4-2-3-5-20(19)32-23(22)24(36)34(26)17-10-12-18(13-11-17)39-27(28,29)30/h2-13,32H,14H2,1H3,(H,31,35). The van der Waals surface area contributed by atoms with Gasteiger partial charge in [0.2, 0.25) is 5.91 Å². The molecule has 204 valence electrons. The number of benzene rings is 3. The van der Waals surface area contributed by atoms with Crippen molar-refractivity contribution in [2.45, 2.75) is 11.5 Å². The zero-order valence-corrected chi connectivity index (χ0v) is 21.4. The Morgan fingerprint density at radius 1 is 1.02 bits per heavy atom. The predicted octanol–water partition coefficient (Wildman–Crippen LogP) is 5.28. The first-order valence-electron chi connectivity index (χ1n) is 11.6. The number of H-pyrrole nitrogens is 1. The Morgan fingerprint density at radius 2 is 1.73 bits per heavy atom. The number of fused-ring (bicyclic) bond motifs is 3. The average molecular weight is 569 g/mol. The van der Waals surface area contributed by atoms with Crippen molar-refractivity contribution >= 4 is 51.3 Å². The summed E-state index contributed by atoms with van der Waals surface area (Å²) in [7, 11) is 1.27. The van der Waals surface area contributed by atoms with Gasteiger partial charge in [0.1, 0.15) is 16.8 Å². The van der Waals surface area contributed by atoms with E-state index in [2.05, 4.69) is 24.8 Å². The fraction of sp³-hybridized carbons (Fsp3) is 0.111. The highest BCUT2D eigenvalue weighted by Crippen LogP contribution is 2.28. The van der Waals surface area contributed by atoms with Crippen LogP contribution in [0, 0.1) is 0 Å². The van der Waals surface area contributed by atoms with Crippen molar-refractivity contribution in [1.29, 1.82) is 0 Å². The number of esters is 1. The predicted molar refractivity (Wildman–Crippen MR) is 143 cm³/mol. The van der Waals surface area contributed by atoms with E-state index < -0.39 is 29.5 Å². The summed E-state index contributed by atoms with van der Waals surface area (Å²) in [5.74, 6) is -1.52. The molecule has 2 aromatic heterocycles. The van der Waals surface area contributed by atoms with Gasteiger partial charge < -0.3 is 19.8 Å². The molecule has 3 aromatic carbocycles. The minimum Gasteiger partial charge on any atom is -0.465 e. The van der Waals surface area contributed by atoms with Crippen LogP contribution in [0.2, 0.25) is 0 Å². The van der Waals surface area contributed by atoms with Crippen LogP contribution in [0.1, 0.15) is 10.4 Å². The van der Waals surface area contributed by atoms with E-state index in [0.717, 1.165) is 23.9 Å². The van der Waals surface area contributed by atoms with E-state index >= 15 is 0 Å². The van der Waals surface area contributed by atoms with Crippen LogP contribution in [0.25, 0.3) is 27.6 Å². The van der Waals surface area contributed by atoms with Gasteiger partial charge in [-0.15, -0.1) is 13.2 Å². The molecule has 1 amide bonds. The van der Waals surface area contributed by atoms with Crippen LogP contribution >= 0.6 is 11.8 Å². The van der Waals surface area contributed by atoms with Gasteiger partial charge in [-0.05, 0) is 54.6 Å². The van der Waals surface area contributed by atoms with Gasteiger partial charge in [-0.25, -0.2) is 9.78 Å². The highest BCUT2D eigenvalue weighted by Gasteiger charge is 2.31. The van der Waals surface area contributed by atoms with Crippen LogP contribution in [0.15, 0.2) is 82.7 Å². The third kappa shape index (κ3) is 5.64. The molecule has 5 aromatic rings. The highest BCUT2D eigenvalue weighted by atomic mass is 32.2. The second-order valence-electron chi connectivity index (χ2n) is 8.38. The maximum Gasteiger partial charge on any atom is 0.573 e. The molecule has 9 nitrogen and oxygen atoms in total. The monoisotopic (exact) mass is 568 g/mol. The van der Waals surface area contributed by atoms with E-state index in [9.17, 15) is 27.6 Å². The average Bonchev–Trinajstić information content (AvgIpc) is 3.31. The van der Waals surface area contributed by atoms with E-state index in [0.29, 0.717) is 27.7 Å². The first-order chi connectivity index (χ1) is 19.1. The second kappa shape index (κ2) is 10.8. The Labute approximate surface area is 227 Å². The summed E-state index contributed by atoms with van der Waals surface area (Å²) in [5, 5.41) is 3.56. The Morgan fingerprint density at radius 3 is 2.40 bits per heavy atom. The van der Waals surface area contributed by atoms with E-state index in [4.69, 9.17) is 0 Å². The molecular formula is C27H19F3N4O5S. The molecule has 0 saturated carbocycles. The smallest absolute Gasteiger partial charge is 0.465 e. The zero-order chi connectivity index (χ0) is 28.4. The van der Waals surface area contributed by atoms with Gasteiger partial charge in [-0.3, -0.25) is 14.2 Å². The number of carbonyl (C=O) groups excluding carboxylic acids is 2. The van der Waals surface area contributed by atoms with E-state index in [-0.39, 0.29) is 22.1 Å². The first-order valence-corrected chi connectivity index (χ1v) is 12.6. The molecule has 0 aliphatic carbocycles. The summed E-state index contributed by atoms with van der Waals surface area (Å²) in [5.41, 5.74) is 1.78. The number of alkyl halides is 3. The molecule has 40 heavy (non-hydrogen) atoms. The van der Waals surface area contributed by atoms with Crippen molar-refractivity contribution in [2.75, 3.05) is 18.2 Å². The van der Waals surface area contributed by atoms with Crippen LogP contribution in [0.4, 0.5) is 18.9 Å². The van der Waals surface area contributed by atoms with Gasteiger partial charge >= 0.3 is 12.3 Å². The maximum absolute atomic E-state index is 13.6. The minimum atomic E-state index is -4.86. The number of halogens is 3. The maximum atomic E-state index is 13.6. The molecule has 0 aliphatic rings. The molecule has 13 heteroatoms. The van der Waals surface area contributed by atoms with Gasteiger partial charge in [-0.1, -0.05) is 30.0 Å². The van der Waals surface area contributed by atoms with Gasteiger partial charge in [-0.2, -0.15) is 0 Å². The lowest BCUT2D eigenvalue weighted by atomic mass is 10.2. The van der Waals surface area contributed by atoms with Crippen LogP contribution in [-0.4, -0.2) is 45.6 Å². The number of para-hydroxylation sites is 1. The number of carbonyl (C=O) groups is 2. The summed E-state index contributed by atoms with van der Waals surface area (Å²) in [6.07, 6.45) is -4.86. The Bertz CT molecular complexity index is 1780. The molecule has 0 spiro atoms. The SMILES string of the molecule is COC(=O)c1ccc(NC(=O)CSc2nc3c([nH]c4ccccc43)c(=O)n2-c2ccc(OC(F)(F)F)cc2)cc1. The van der Waals surface area contributed by atoms with E-state index in [1.807, 2.05) is 0 Å². The number of amides is 1. The molecule has 0 aliphatic heterocycles. The number of nitrogens with zero attached hydrogens (tertiary/aromatic N) is 2. The zero-order valence-electron chi connectivity index (χ0n) is 20.6. The minimum absolute atomic E-state index is 0.145. The third-order valence-electron chi connectivity index (χ3n) is 5.74. The summed E-state index contributed by atoms with van der Waals surface area (Å²) in [6, 6.07) is 18.1. The number of aromatic nitrogens is 3. The Balaban J connectivity index is 1.47. The van der Waals surface area contributed by atoms with E-state index in [1.165, 1.54) is 35.9 Å². The van der Waals surface area contributed by atoms with Gasteiger partial charge in [0.05, 0.1) is 24.1 Å². The van der Waals surface area contributed by atoms with Crippen molar-refractivity contribution < 1.29 is 32.2 Å². The lowest BCUT2D eigenvalue weighted by Crippen LogP contribution is -2.23. The number of anilines is 1. The lowest BCUT2D eigenvalue weighted by Gasteiger charge is -2.14. The van der Waals surface area contributed by atoms with Crippen molar-refractivity contribution in [3.05, 3.63) is 88.7 Å². The second-order valence-corrected chi connectivity index (χ2v) is 9.32. The highest BCUT2D eigenvalue weighted by molar-refractivity contribution is 7.99. The topological polar surface area (TPSA) is 115 Å². The molecule has 0 atom stereocenters. The van der Waals surface area contributed by atoms with Crippen LogP contribution in [0.5, 0.6) is 5.75 Å². The molecule has 0 bridgehead atoms. The fourth-order valence-electron chi connectivity index (χ4n) is 4.00. The summed E-state index contributed by atoms with van der Waals surface area (Å²) < 4.78 is 47.7. The fourth-order valence-corrected chi connectivity index (χ4v) is 4.80. The van der Waals surface area contributed by atoms with Crippen molar-refractivity contribution in [3.63, 3.8) is 0 Å². The summed E-state index contributed by atoms with van der Waals surface area (Å²) >= 11 is 0.977. The molecule has 0 saturated heterocycles. The molecule has 0 fully saturated rings. The molecule has 2 N–H and O–H groups in total. The number of rotatable bonds is 7. The van der Waals surface area contributed by atoms with Crippen molar-refractivity contribution in [2.24, 2.45) is 0 Å². The number of nitrogens with one attached hydrogen (secondary N) is 2. The Hall–Kier alpha value is -4.78. The molecule has 0 radical (unpaired) electrons. The quantitative estimate of drug-likeness (QED) is 0.156. The first kappa shape index (κ1) is 26.8. The molecule has 5 rings (SSSR count). The number of hydrogen-bond donors (Lipinski definition) is 2. The molecule has 2 heterocycles. The number of ether oxygens (including phenoxy) is 2. The largest absolute Gasteiger partial charge is 0.573 e. The number of aromatic amines is 1. The lowest BCUT2D eigenvalue weighted by molar-refractivity contribution is -0.274. The van der Waals surface area contributed by atoms with Gasteiger partial charge in [0.25, 0.3) is 5.56 Å². The number of hydrogen-bond acceptors (Lipinski definition) is 7. The van der Waals surface area contributed by atoms with Crippen LogP contribution in [0.3, 0.4) is 0 Å². The summed E-state index contributed by atoms with van der Waals surface area (Å²) in [4.78, 5) is 45.7. The molecule has 0 unspecified atom stereocenters. The van der Waals surface area contributed by atoms with Crippen LogP contribution in [-0.2, 0) is 9.53 Å². The third-order valence-corrected chi connectivity index (χ3v) is 6.68. The summed E-state index contributed by atoms with van der Waals surface area (Å²) in [6.45, 7) is 0. The van der Waals surface area contributed by atoms with Crippen molar-refractivity contribution in [1.82, 2.24) is 14.5 Å². The number of thioether (sulfide) groups is 1. The van der Waals surface area contributed by atoms with Crippen molar-refractivity contribution in [3.8, 4) is 11.4 Å².